The maximum absolute atomic E-state index is 12.5. The maximum Gasteiger partial charge on any atom is 0.322 e. The zero-order valence-electron chi connectivity index (χ0n) is 13.1. The van der Waals surface area contributed by atoms with Crippen LogP contribution in [0, 0.1) is 6.92 Å². The molecule has 0 saturated carbocycles. The monoisotopic (exact) mass is 340 g/mol. The summed E-state index contributed by atoms with van der Waals surface area (Å²) in [6, 6.07) is 4.57. The molecule has 2 aliphatic heterocycles. The van der Waals surface area contributed by atoms with Gasteiger partial charge in [-0.05, 0) is 24.6 Å². The Morgan fingerprint density at radius 3 is 2.52 bits per heavy atom. The second-order valence-electron chi connectivity index (χ2n) is 6.02. The molecule has 2 atom stereocenters. The standard InChI is InChI=1S/C15H20N2O5S/c1-10-3-4-14(23(2,19)20)13(5-10)16-15(18)17-6-11-8-21-9-12(7-17)22-11/h3-5,11-12H,6-9H2,1-2H3,(H,16,18). The summed E-state index contributed by atoms with van der Waals surface area (Å²) in [4.78, 5) is 14.3. The number of amides is 2. The minimum absolute atomic E-state index is 0.119. The van der Waals surface area contributed by atoms with Crippen LogP contribution < -0.4 is 5.32 Å². The second-order valence-corrected chi connectivity index (χ2v) is 8.01. The van der Waals surface area contributed by atoms with E-state index in [4.69, 9.17) is 9.47 Å². The van der Waals surface area contributed by atoms with E-state index >= 15 is 0 Å². The molecule has 0 aliphatic carbocycles. The number of ether oxygens (including phenoxy) is 2. The van der Waals surface area contributed by atoms with E-state index in [1.807, 2.05) is 6.92 Å². The number of hydrogen-bond acceptors (Lipinski definition) is 5. The number of nitrogens with one attached hydrogen (secondary N) is 1. The van der Waals surface area contributed by atoms with E-state index in [1.54, 1.807) is 17.0 Å². The molecule has 2 unspecified atom stereocenters. The summed E-state index contributed by atoms with van der Waals surface area (Å²) in [5.74, 6) is 0. The van der Waals surface area contributed by atoms with E-state index in [1.165, 1.54) is 6.07 Å². The minimum atomic E-state index is -3.42. The third-order valence-corrected chi connectivity index (χ3v) is 5.06. The van der Waals surface area contributed by atoms with E-state index in [-0.39, 0.29) is 23.1 Å². The molecule has 126 valence electrons. The van der Waals surface area contributed by atoms with E-state index in [9.17, 15) is 13.2 Å². The maximum atomic E-state index is 12.5. The number of hydrogen-bond donors (Lipinski definition) is 1. The fourth-order valence-corrected chi connectivity index (χ4v) is 3.69. The van der Waals surface area contributed by atoms with Gasteiger partial charge < -0.3 is 19.7 Å². The largest absolute Gasteiger partial charge is 0.376 e. The van der Waals surface area contributed by atoms with Crippen molar-refractivity contribution in [1.82, 2.24) is 4.90 Å². The van der Waals surface area contributed by atoms with Gasteiger partial charge in [-0.15, -0.1) is 0 Å². The number of anilines is 1. The molecule has 23 heavy (non-hydrogen) atoms. The summed E-state index contributed by atoms with van der Waals surface area (Å²) in [6.07, 6.45) is 0.879. The van der Waals surface area contributed by atoms with Gasteiger partial charge in [0.1, 0.15) is 0 Å². The Morgan fingerprint density at radius 2 is 1.91 bits per heavy atom. The second kappa shape index (κ2) is 6.10. The topological polar surface area (TPSA) is 84.9 Å². The molecule has 1 N–H and O–H groups in total. The number of sulfone groups is 1. The number of aryl methyl sites for hydroxylation is 1. The summed E-state index contributed by atoms with van der Waals surface area (Å²) in [5, 5.41) is 2.73. The van der Waals surface area contributed by atoms with Crippen molar-refractivity contribution in [1.29, 1.82) is 0 Å². The minimum Gasteiger partial charge on any atom is -0.376 e. The lowest BCUT2D eigenvalue weighted by molar-refractivity contribution is -0.170. The molecule has 8 heteroatoms. The summed E-state index contributed by atoms with van der Waals surface area (Å²) in [5.41, 5.74) is 1.19. The Balaban J connectivity index is 1.79. The molecule has 7 nitrogen and oxygen atoms in total. The van der Waals surface area contributed by atoms with Crippen LogP contribution in [0.1, 0.15) is 5.56 Å². The number of morpholine rings is 1. The highest BCUT2D eigenvalue weighted by Gasteiger charge is 2.34. The first kappa shape index (κ1) is 16.2. The Bertz CT molecular complexity index is 707. The van der Waals surface area contributed by atoms with Crippen molar-refractivity contribution in [3.8, 4) is 0 Å². The molecule has 0 radical (unpaired) electrons. The average Bonchev–Trinajstić information content (AvgIpc) is 2.45. The molecule has 1 aromatic rings. The molecule has 3 rings (SSSR count). The number of carbonyl (C=O) groups is 1. The molecule has 2 heterocycles. The van der Waals surface area contributed by atoms with Crippen LogP contribution in [0.4, 0.5) is 10.5 Å². The van der Waals surface area contributed by atoms with E-state index in [0.29, 0.717) is 32.0 Å². The number of benzene rings is 1. The van der Waals surface area contributed by atoms with Gasteiger partial charge in [-0.25, -0.2) is 13.2 Å². The highest BCUT2D eigenvalue weighted by atomic mass is 32.2. The molecule has 0 spiro atoms. The first-order valence-corrected chi connectivity index (χ1v) is 9.32. The van der Waals surface area contributed by atoms with Gasteiger partial charge in [-0.1, -0.05) is 6.07 Å². The Kier molecular flexibility index (Phi) is 4.31. The lowest BCUT2D eigenvalue weighted by atomic mass is 10.2. The van der Waals surface area contributed by atoms with Crippen molar-refractivity contribution in [2.24, 2.45) is 0 Å². The molecule has 1 aromatic carbocycles. The third kappa shape index (κ3) is 3.65. The molecule has 2 fully saturated rings. The fraction of sp³-hybridized carbons (Fsp3) is 0.533. The Hall–Kier alpha value is -1.64. The summed E-state index contributed by atoms with van der Waals surface area (Å²) in [6.45, 7) is 3.65. The van der Waals surface area contributed by atoms with Crippen LogP contribution in [0.15, 0.2) is 23.1 Å². The molecule has 2 aliphatic rings. The first-order valence-electron chi connectivity index (χ1n) is 7.43. The Morgan fingerprint density at radius 1 is 1.26 bits per heavy atom. The lowest BCUT2D eigenvalue weighted by Crippen LogP contribution is -2.56. The van der Waals surface area contributed by atoms with Gasteiger partial charge in [-0.2, -0.15) is 0 Å². The summed E-state index contributed by atoms with van der Waals surface area (Å²) in [7, 11) is -3.42. The van der Waals surface area contributed by atoms with Gasteiger partial charge in [0.15, 0.2) is 9.84 Å². The van der Waals surface area contributed by atoms with Crippen LogP contribution in [-0.2, 0) is 19.3 Å². The van der Waals surface area contributed by atoms with Gasteiger partial charge in [0.25, 0.3) is 0 Å². The smallest absolute Gasteiger partial charge is 0.322 e. The van der Waals surface area contributed by atoms with Crippen LogP contribution in [0.5, 0.6) is 0 Å². The van der Waals surface area contributed by atoms with Gasteiger partial charge in [-0.3, -0.25) is 0 Å². The van der Waals surface area contributed by atoms with Crippen molar-refractivity contribution in [3.63, 3.8) is 0 Å². The highest BCUT2D eigenvalue weighted by molar-refractivity contribution is 7.90. The normalized spacial score (nSPS) is 24.3. The number of carbonyl (C=O) groups excluding carboxylic acids is 1. The van der Waals surface area contributed by atoms with E-state index < -0.39 is 9.84 Å². The molecule has 2 bridgehead atoms. The zero-order valence-corrected chi connectivity index (χ0v) is 13.9. The van der Waals surface area contributed by atoms with Crippen molar-refractivity contribution in [2.45, 2.75) is 24.0 Å². The number of fused-ring (bicyclic) bond motifs is 2. The quantitative estimate of drug-likeness (QED) is 0.869. The van der Waals surface area contributed by atoms with Gasteiger partial charge >= 0.3 is 6.03 Å². The molecule has 2 saturated heterocycles. The van der Waals surface area contributed by atoms with Gasteiger partial charge in [0.2, 0.25) is 0 Å². The summed E-state index contributed by atoms with van der Waals surface area (Å²) < 4.78 is 34.9. The predicted molar refractivity (Wildman–Crippen MR) is 84.4 cm³/mol. The molecule has 0 aromatic heterocycles. The van der Waals surface area contributed by atoms with Gasteiger partial charge in [0.05, 0.1) is 49.1 Å². The number of rotatable bonds is 2. The van der Waals surface area contributed by atoms with Crippen LogP contribution in [0.3, 0.4) is 0 Å². The van der Waals surface area contributed by atoms with Crippen molar-refractivity contribution in [2.75, 3.05) is 37.9 Å². The zero-order chi connectivity index (χ0) is 16.6. The van der Waals surface area contributed by atoms with E-state index in [0.717, 1.165) is 11.8 Å². The van der Waals surface area contributed by atoms with Crippen molar-refractivity contribution >= 4 is 21.6 Å². The highest BCUT2D eigenvalue weighted by Crippen LogP contribution is 2.24. The fourth-order valence-electron chi connectivity index (χ4n) is 2.86. The van der Waals surface area contributed by atoms with E-state index in [2.05, 4.69) is 5.32 Å². The molecular formula is C15H20N2O5S. The first-order chi connectivity index (χ1) is 10.8. The van der Waals surface area contributed by atoms with Crippen molar-refractivity contribution < 1.29 is 22.7 Å². The summed E-state index contributed by atoms with van der Waals surface area (Å²) >= 11 is 0. The van der Waals surface area contributed by atoms with Gasteiger partial charge in [0, 0.05) is 6.26 Å². The van der Waals surface area contributed by atoms with Crippen LogP contribution in [-0.4, -0.2) is 64.1 Å². The number of nitrogens with zero attached hydrogens (tertiary/aromatic N) is 1. The van der Waals surface area contributed by atoms with Crippen LogP contribution >= 0.6 is 0 Å². The predicted octanol–water partition coefficient (Wildman–Crippen LogP) is 1.03. The van der Waals surface area contributed by atoms with Crippen LogP contribution in [0.25, 0.3) is 0 Å². The average molecular weight is 340 g/mol. The molecule has 2 amide bonds. The molecular weight excluding hydrogens is 320 g/mol. The SMILES string of the molecule is Cc1ccc(S(C)(=O)=O)c(NC(=O)N2CC3COCC(C2)O3)c1. The number of urea groups is 1. The Labute approximate surface area is 135 Å². The lowest BCUT2D eigenvalue weighted by Gasteiger charge is -2.41. The van der Waals surface area contributed by atoms with Crippen LogP contribution in [0.2, 0.25) is 0 Å². The third-order valence-electron chi connectivity index (χ3n) is 3.90. The van der Waals surface area contributed by atoms with Crippen molar-refractivity contribution in [3.05, 3.63) is 23.8 Å².